The average molecular weight is 309 g/mol. The van der Waals surface area contributed by atoms with Gasteiger partial charge < -0.3 is 9.30 Å². The normalized spacial score (nSPS) is 10.8. The molecule has 0 spiro atoms. The molecule has 0 aliphatic carbocycles. The van der Waals surface area contributed by atoms with Crippen molar-refractivity contribution in [2.24, 2.45) is 7.05 Å². The Morgan fingerprint density at radius 1 is 1.22 bits per heavy atom. The van der Waals surface area contributed by atoms with Crippen LogP contribution in [0.25, 0.3) is 11.3 Å². The third kappa shape index (κ3) is 2.05. The van der Waals surface area contributed by atoms with Gasteiger partial charge in [0.25, 0.3) is 0 Å². The van der Waals surface area contributed by atoms with Gasteiger partial charge in [-0.1, -0.05) is 6.07 Å². The second kappa shape index (κ2) is 4.76. The minimum absolute atomic E-state index is 0.888. The zero-order valence-electron chi connectivity index (χ0n) is 11.3. The van der Waals surface area contributed by atoms with E-state index >= 15 is 0 Å². The predicted molar refractivity (Wildman–Crippen MR) is 77.1 cm³/mol. The van der Waals surface area contributed by atoms with Crippen molar-refractivity contribution in [1.82, 2.24) is 9.55 Å². The summed E-state index contributed by atoms with van der Waals surface area (Å²) in [6, 6.07) is 4.23. The Hall–Kier alpha value is -1.29. The first kappa shape index (κ1) is 13.1. The van der Waals surface area contributed by atoms with Crippen LogP contribution in [0, 0.1) is 20.8 Å². The summed E-state index contributed by atoms with van der Waals surface area (Å²) < 4.78 is 8.52. The Labute approximate surface area is 116 Å². The van der Waals surface area contributed by atoms with Crippen LogP contribution in [0.3, 0.4) is 0 Å². The van der Waals surface area contributed by atoms with Crippen LogP contribution in [0.1, 0.15) is 17.0 Å². The third-order valence-electron chi connectivity index (χ3n) is 3.13. The van der Waals surface area contributed by atoms with Gasteiger partial charge in [0.15, 0.2) is 0 Å². The number of aryl methyl sites for hydroxylation is 3. The minimum Gasteiger partial charge on any atom is -0.496 e. The monoisotopic (exact) mass is 308 g/mol. The summed E-state index contributed by atoms with van der Waals surface area (Å²) in [5, 5.41) is 0. The molecule has 0 unspecified atom stereocenters. The van der Waals surface area contributed by atoms with Crippen LogP contribution in [-0.4, -0.2) is 16.7 Å². The number of ether oxygens (including phenoxy) is 1. The smallest absolute Gasteiger partial charge is 0.131 e. The standard InChI is InChI=1S/C14H17BrN2O/c1-8-6-9(2)13(18-5)11(7-8)12-14(15)17(4)10(3)16-12/h6-7H,1-5H3. The summed E-state index contributed by atoms with van der Waals surface area (Å²) in [6.45, 7) is 6.13. The molecule has 0 radical (unpaired) electrons. The van der Waals surface area contributed by atoms with Gasteiger partial charge in [-0.3, -0.25) is 0 Å². The number of rotatable bonds is 2. The van der Waals surface area contributed by atoms with Gasteiger partial charge in [0, 0.05) is 12.6 Å². The summed E-state index contributed by atoms with van der Waals surface area (Å²) in [4.78, 5) is 4.61. The highest BCUT2D eigenvalue weighted by Gasteiger charge is 2.17. The topological polar surface area (TPSA) is 27.1 Å². The molecule has 0 N–H and O–H groups in total. The summed E-state index contributed by atoms with van der Waals surface area (Å²) in [5.74, 6) is 1.86. The van der Waals surface area contributed by atoms with Crippen molar-refractivity contribution in [3.8, 4) is 17.0 Å². The number of nitrogens with zero attached hydrogens (tertiary/aromatic N) is 2. The molecule has 3 nitrogen and oxygen atoms in total. The van der Waals surface area contributed by atoms with Crippen LogP contribution in [0.15, 0.2) is 16.7 Å². The highest BCUT2D eigenvalue weighted by atomic mass is 79.9. The Balaban J connectivity index is 2.73. The van der Waals surface area contributed by atoms with E-state index in [1.54, 1.807) is 7.11 Å². The first-order valence-electron chi connectivity index (χ1n) is 5.80. The molecule has 2 aromatic rings. The van der Waals surface area contributed by atoms with Crippen molar-refractivity contribution >= 4 is 15.9 Å². The highest BCUT2D eigenvalue weighted by Crippen LogP contribution is 2.37. The van der Waals surface area contributed by atoms with E-state index in [0.29, 0.717) is 0 Å². The average Bonchev–Trinajstić information content (AvgIpc) is 2.56. The molecule has 0 aliphatic heterocycles. The zero-order valence-corrected chi connectivity index (χ0v) is 12.9. The van der Waals surface area contributed by atoms with Gasteiger partial charge in [-0.05, 0) is 53.9 Å². The molecule has 18 heavy (non-hydrogen) atoms. The molecule has 0 fully saturated rings. The van der Waals surface area contributed by atoms with E-state index in [1.165, 1.54) is 5.56 Å². The quantitative estimate of drug-likeness (QED) is 0.844. The fourth-order valence-corrected chi connectivity index (χ4v) is 2.72. The second-order valence-electron chi connectivity index (χ2n) is 4.52. The number of hydrogen-bond donors (Lipinski definition) is 0. The Bertz CT molecular complexity index is 602. The van der Waals surface area contributed by atoms with E-state index in [4.69, 9.17) is 4.74 Å². The number of benzene rings is 1. The predicted octanol–water partition coefficient (Wildman–Crippen LogP) is 3.78. The van der Waals surface area contributed by atoms with Crippen LogP contribution >= 0.6 is 15.9 Å². The van der Waals surface area contributed by atoms with Crippen molar-refractivity contribution in [2.75, 3.05) is 7.11 Å². The molecule has 1 aromatic carbocycles. The lowest BCUT2D eigenvalue weighted by Crippen LogP contribution is -1.94. The Morgan fingerprint density at radius 2 is 1.89 bits per heavy atom. The van der Waals surface area contributed by atoms with Crippen molar-refractivity contribution in [2.45, 2.75) is 20.8 Å². The van der Waals surface area contributed by atoms with E-state index < -0.39 is 0 Å². The second-order valence-corrected chi connectivity index (χ2v) is 5.27. The molecule has 0 aliphatic rings. The highest BCUT2D eigenvalue weighted by molar-refractivity contribution is 9.10. The largest absolute Gasteiger partial charge is 0.496 e. The van der Waals surface area contributed by atoms with Gasteiger partial charge in [-0.25, -0.2) is 4.98 Å². The number of imidazole rings is 1. The number of hydrogen-bond acceptors (Lipinski definition) is 2. The van der Waals surface area contributed by atoms with Crippen LogP contribution in [0.4, 0.5) is 0 Å². The van der Waals surface area contributed by atoms with Crippen molar-refractivity contribution in [3.05, 3.63) is 33.7 Å². The third-order valence-corrected chi connectivity index (χ3v) is 4.03. The molecular formula is C14H17BrN2O. The summed E-state index contributed by atoms with van der Waals surface area (Å²) >= 11 is 3.60. The van der Waals surface area contributed by atoms with Crippen molar-refractivity contribution < 1.29 is 4.74 Å². The lowest BCUT2D eigenvalue weighted by Gasteiger charge is -2.11. The fourth-order valence-electron chi connectivity index (χ4n) is 2.16. The van der Waals surface area contributed by atoms with E-state index in [2.05, 4.69) is 46.9 Å². The zero-order chi connectivity index (χ0) is 13.4. The van der Waals surface area contributed by atoms with E-state index in [9.17, 15) is 0 Å². The summed E-state index contributed by atoms with van der Waals surface area (Å²) in [6.07, 6.45) is 0. The maximum atomic E-state index is 5.52. The summed E-state index contributed by atoms with van der Waals surface area (Å²) in [5.41, 5.74) is 4.30. The fraction of sp³-hybridized carbons (Fsp3) is 0.357. The van der Waals surface area contributed by atoms with E-state index in [1.807, 2.05) is 18.5 Å². The number of methoxy groups -OCH3 is 1. The summed E-state index contributed by atoms with van der Waals surface area (Å²) in [7, 11) is 3.69. The number of halogens is 1. The van der Waals surface area contributed by atoms with Crippen LogP contribution in [0.5, 0.6) is 5.75 Å². The van der Waals surface area contributed by atoms with Gasteiger partial charge in [-0.2, -0.15) is 0 Å². The van der Waals surface area contributed by atoms with Gasteiger partial charge in [-0.15, -0.1) is 0 Å². The lowest BCUT2D eigenvalue weighted by atomic mass is 10.0. The molecule has 0 saturated heterocycles. The molecule has 0 bridgehead atoms. The molecule has 2 rings (SSSR count). The first-order chi connectivity index (χ1) is 8.45. The van der Waals surface area contributed by atoms with Crippen LogP contribution < -0.4 is 4.74 Å². The van der Waals surface area contributed by atoms with Crippen molar-refractivity contribution in [3.63, 3.8) is 0 Å². The molecule has 4 heteroatoms. The Morgan fingerprint density at radius 3 is 2.39 bits per heavy atom. The molecular weight excluding hydrogens is 292 g/mol. The maximum Gasteiger partial charge on any atom is 0.131 e. The SMILES string of the molecule is COc1c(C)cc(C)cc1-c1nc(C)n(C)c1Br. The van der Waals surface area contributed by atoms with E-state index in [-0.39, 0.29) is 0 Å². The van der Waals surface area contributed by atoms with Crippen LogP contribution in [-0.2, 0) is 7.05 Å². The van der Waals surface area contributed by atoms with Gasteiger partial charge in [0.05, 0.1) is 7.11 Å². The molecule has 0 atom stereocenters. The Kier molecular flexibility index (Phi) is 3.48. The van der Waals surface area contributed by atoms with Gasteiger partial charge in [0.2, 0.25) is 0 Å². The van der Waals surface area contributed by atoms with E-state index in [0.717, 1.165) is 33.0 Å². The van der Waals surface area contributed by atoms with Crippen molar-refractivity contribution in [1.29, 1.82) is 0 Å². The maximum absolute atomic E-state index is 5.52. The molecule has 0 saturated carbocycles. The van der Waals surface area contributed by atoms with Crippen LogP contribution in [0.2, 0.25) is 0 Å². The molecule has 0 amide bonds. The lowest BCUT2D eigenvalue weighted by molar-refractivity contribution is 0.413. The molecule has 96 valence electrons. The number of aromatic nitrogens is 2. The first-order valence-corrected chi connectivity index (χ1v) is 6.59. The minimum atomic E-state index is 0.888. The van der Waals surface area contributed by atoms with Gasteiger partial charge in [0.1, 0.15) is 21.9 Å². The molecule has 1 heterocycles. The van der Waals surface area contributed by atoms with Gasteiger partial charge >= 0.3 is 0 Å². The molecule has 1 aromatic heterocycles.